The summed E-state index contributed by atoms with van der Waals surface area (Å²) in [7, 11) is -4.02. The minimum Gasteiger partial charge on any atom is -0.477 e. The van der Waals surface area contributed by atoms with Crippen LogP contribution in [-0.4, -0.2) is 43.2 Å². The summed E-state index contributed by atoms with van der Waals surface area (Å²) in [5.74, 6) is -1.46. The molecule has 0 aromatic heterocycles. The van der Waals surface area contributed by atoms with Gasteiger partial charge in [0.05, 0.1) is 5.71 Å². The molecule has 0 saturated carbocycles. The van der Waals surface area contributed by atoms with Crippen molar-refractivity contribution in [2.45, 2.75) is 13.0 Å². The van der Waals surface area contributed by atoms with Gasteiger partial charge in [-0.25, -0.2) is 4.79 Å². The summed E-state index contributed by atoms with van der Waals surface area (Å²) in [6, 6.07) is 8.12. The summed E-state index contributed by atoms with van der Waals surface area (Å²) < 4.78 is 26.7. The van der Waals surface area contributed by atoms with Crippen LogP contribution in [0.3, 0.4) is 0 Å². The third kappa shape index (κ3) is 2.74. The van der Waals surface area contributed by atoms with Crippen LogP contribution in [0.2, 0.25) is 0 Å². The molecule has 0 radical (unpaired) electrons. The number of hydrogen-bond donors (Lipinski definition) is 1. The van der Waals surface area contributed by atoms with Gasteiger partial charge in [0, 0.05) is 19.6 Å². The zero-order valence-electron chi connectivity index (χ0n) is 11.2. The van der Waals surface area contributed by atoms with Gasteiger partial charge < -0.3 is 5.11 Å². The van der Waals surface area contributed by atoms with Crippen LogP contribution in [0.4, 0.5) is 0 Å². The molecule has 1 aromatic carbocycles. The maximum Gasteiger partial charge on any atom is 0.349 e. The minimum absolute atomic E-state index is 0.284. The van der Waals surface area contributed by atoms with E-state index < -0.39 is 20.9 Å². The lowest BCUT2D eigenvalue weighted by Gasteiger charge is -2.28. The molecule has 0 saturated heterocycles. The van der Waals surface area contributed by atoms with Gasteiger partial charge in [0.1, 0.15) is 0 Å². The van der Waals surface area contributed by atoms with Crippen molar-refractivity contribution in [3.8, 4) is 0 Å². The van der Waals surface area contributed by atoms with Crippen molar-refractivity contribution in [2.24, 2.45) is 4.40 Å². The summed E-state index contributed by atoms with van der Waals surface area (Å²) in [4.78, 5) is 12.3. The second-order valence-electron chi connectivity index (χ2n) is 5.10. The lowest BCUT2D eigenvalue weighted by atomic mass is 10.00. The van der Waals surface area contributed by atoms with Crippen LogP contribution in [0.25, 0.3) is 0 Å². The van der Waals surface area contributed by atoms with Crippen molar-refractivity contribution in [3.05, 3.63) is 46.4 Å². The fourth-order valence-corrected chi connectivity index (χ4v) is 3.64. The summed E-state index contributed by atoms with van der Waals surface area (Å²) in [6.45, 7) is 1.85. The van der Waals surface area contributed by atoms with Crippen molar-refractivity contribution in [1.82, 2.24) is 4.90 Å². The van der Waals surface area contributed by atoms with Crippen LogP contribution in [-0.2, 0) is 27.8 Å². The molecular formula is C14H14N2O4S. The first-order valence-corrected chi connectivity index (χ1v) is 7.98. The van der Waals surface area contributed by atoms with E-state index in [1.165, 1.54) is 11.1 Å². The molecular weight excluding hydrogens is 292 g/mol. The molecule has 2 heterocycles. The zero-order chi connectivity index (χ0) is 15.0. The van der Waals surface area contributed by atoms with Gasteiger partial charge in [0.25, 0.3) is 10.0 Å². The average molecular weight is 306 g/mol. The standard InChI is InChI=1S/C14H14N2O4S/c17-14(18)13-7-12(15-21(13,19)20)9-16-6-5-10-3-1-2-4-11(10)8-16/h1-4,7H,5-6,8-9H2,(H,17,18). The van der Waals surface area contributed by atoms with Crippen molar-refractivity contribution >= 4 is 21.7 Å². The van der Waals surface area contributed by atoms with Gasteiger partial charge in [0.15, 0.2) is 4.91 Å². The summed E-state index contributed by atoms with van der Waals surface area (Å²) in [5.41, 5.74) is 2.80. The SMILES string of the molecule is O=C(O)C1=CC(CN2CCc3ccccc3C2)=NS1(=O)=O. The fraction of sp³-hybridized carbons (Fsp3) is 0.286. The van der Waals surface area contributed by atoms with Crippen LogP contribution in [0, 0.1) is 0 Å². The summed E-state index contributed by atoms with van der Waals surface area (Å²) in [5, 5.41) is 8.87. The molecule has 1 N–H and O–H groups in total. The Kier molecular flexibility index (Phi) is 3.38. The Bertz CT molecular complexity index is 765. The smallest absolute Gasteiger partial charge is 0.349 e. The third-order valence-corrected chi connectivity index (χ3v) is 4.94. The molecule has 2 aliphatic heterocycles. The Morgan fingerprint density at radius 2 is 2.00 bits per heavy atom. The first-order chi connectivity index (χ1) is 9.95. The third-order valence-electron chi connectivity index (χ3n) is 3.62. The van der Waals surface area contributed by atoms with E-state index in [9.17, 15) is 13.2 Å². The van der Waals surface area contributed by atoms with E-state index >= 15 is 0 Å². The maximum atomic E-state index is 11.6. The van der Waals surface area contributed by atoms with Gasteiger partial charge in [0.2, 0.25) is 0 Å². The van der Waals surface area contributed by atoms with E-state index in [1.807, 2.05) is 18.2 Å². The van der Waals surface area contributed by atoms with Gasteiger partial charge in [-0.05, 0) is 23.6 Å². The highest BCUT2D eigenvalue weighted by Crippen LogP contribution is 2.21. The number of benzene rings is 1. The Morgan fingerprint density at radius 1 is 1.29 bits per heavy atom. The van der Waals surface area contributed by atoms with Crippen LogP contribution < -0.4 is 0 Å². The molecule has 7 heteroatoms. The van der Waals surface area contributed by atoms with Gasteiger partial charge >= 0.3 is 5.97 Å². The van der Waals surface area contributed by atoms with Gasteiger partial charge in [-0.3, -0.25) is 4.90 Å². The van der Waals surface area contributed by atoms with Crippen molar-refractivity contribution in [2.75, 3.05) is 13.1 Å². The Labute approximate surface area is 122 Å². The maximum absolute atomic E-state index is 11.6. The Morgan fingerprint density at radius 3 is 2.67 bits per heavy atom. The number of carboxylic acid groups (broad SMARTS) is 1. The molecule has 0 aliphatic carbocycles. The first kappa shape index (κ1) is 14.0. The molecule has 3 rings (SSSR count). The van der Waals surface area contributed by atoms with Crippen LogP contribution >= 0.6 is 0 Å². The molecule has 21 heavy (non-hydrogen) atoms. The number of hydrogen-bond acceptors (Lipinski definition) is 4. The molecule has 0 amide bonds. The van der Waals surface area contributed by atoms with Crippen molar-refractivity contribution in [1.29, 1.82) is 0 Å². The highest BCUT2D eigenvalue weighted by atomic mass is 32.2. The monoisotopic (exact) mass is 306 g/mol. The van der Waals surface area contributed by atoms with Crippen molar-refractivity contribution in [3.63, 3.8) is 0 Å². The lowest BCUT2D eigenvalue weighted by Crippen LogP contribution is -2.34. The van der Waals surface area contributed by atoms with Gasteiger partial charge in [-0.1, -0.05) is 24.3 Å². The van der Waals surface area contributed by atoms with E-state index in [0.29, 0.717) is 13.1 Å². The molecule has 0 unspecified atom stereocenters. The normalized spacial score (nSPS) is 20.6. The number of sulfonamides is 1. The van der Waals surface area contributed by atoms with E-state index in [2.05, 4.69) is 15.4 Å². The van der Waals surface area contributed by atoms with Gasteiger partial charge in [-0.15, -0.1) is 0 Å². The second-order valence-corrected chi connectivity index (χ2v) is 6.67. The largest absolute Gasteiger partial charge is 0.477 e. The molecule has 0 bridgehead atoms. The molecule has 1 aromatic rings. The molecule has 0 fully saturated rings. The zero-order valence-corrected chi connectivity index (χ0v) is 12.0. The van der Waals surface area contributed by atoms with E-state index in [0.717, 1.165) is 19.0 Å². The number of carboxylic acids is 1. The highest BCUT2D eigenvalue weighted by molar-refractivity contribution is 7.95. The van der Waals surface area contributed by atoms with Crippen LogP contribution in [0.1, 0.15) is 11.1 Å². The number of carbonyl (C=O) groups is 1. The molecule has 6 nitrogen and oxygen atoms in total. The number of rotatable bonds is 3. The minimum atomic E-state index is -4.02. The molecule has 2 aliphatic rings. The lowest BCUT2D eigenvalue weighted by molar-refractivity contribution is -0.131. The summed E-state index contributed by atoms with van der Waals surface area (Å²) >= 11 is 0. The second kappa shape index (κ2) is 5.09. The first-order valence-electron chi connectivity index (χ1n) is 6.54. The molecule has 0 atom stereocenters. The number of fused-ring (bicyclic) bond motifs is 1. The fourth-order valence-electron chi connectivity index (χ4n) is 2.62. The highest BCUT2D eigenvalue weighted by Gasteiger charge is 2.31. The number of nitrogens with zero attached hydrogens (tertiary/aromatic N) is 2. The number of aliphatic carboxylic acids is 1. The Balaban J connectivity index is 1.76. The van der Waals surface area contributed by atoms with E-state index in [-0.39, 0.29) is 5.71 Å². The summed E-state index contributed by atoms with van der Waals surface area (Å²) in [6.07, 6.45) is 2.05. The molecule has 110 valence electrons. The van der Waals surface area contributed by atoms with Gasteiger partial charge in [-0.2, -0.15) is 12.8 Å². The Hall–Kier alpha value is -1.99. The predicted octanol–water partition coefficient (Wildman–Crippen LogP) is 0.798. The molecule has 0 spiro atoms. The van der Waals surface area contributed by atoms with Crippen LogP contribution in [0.15, 0.2) is 39.6 Å². The average Bonchev–Trinajstić information content (AvgIpc) is 2.73. The predicted molar refractivity (Wildman–Crippen MR) is 77.5 cm³/mol. The quantitative estimate of drug-likeness (QED) is 0.892. The van der Waals surface area contributed by atoms with Crippen LogP contribution in [0.5, 0.6) is 0 Å². The topological polar surface area (TPSA) is 87.0 Å². The van der Waals surface area contributed by atoms with Crippen molar-refractivity contribution < 1.29 is 18.3 Å². The van der Waals surface area contributed by atoms with E-state index in [4.69, 9.17) is 5.11 Å². The van der Waals surface area contributed by atoms with E-state index in [1.54, 1.807) is 0 Å².